The standard InChI is InChI=1S/C15H18N2O4/c1-10-11(4-7-20-10)14-16-12(21-17-14)8-15(9-13(18)19)5-2-3-6-15/h4,7H,2-3,5-6,8-9H2,1H3,(H,18,19). The second-order valence-electron chi connectivity index (χ2n) is 5.86. The van der Waals surface area contributed by atoms with Crippen molar-refractivity contribution in [2.24, 2.45) is 5.41 Å². The topological polar surface area (TPSA) is 89.4 Å². The number of carbonyl (C=O) groups is 1. The van der Waals surface area contributed by atoms with Crippen LogP contribution in [0.25, 0.3) is 11.4 Å². The fourth-order valence-corrected chi connectivity index (χ4v) is 3.24. The van der Waals surface area contributed by atoms with Crippen LogP contribution in [0.2, 0.25) is 0 Å². The first-order valence-corrected chi connectivity index (χ1v) is 7.17. The molecule has 0 unspecified atom stereocenters. The largest absolute Gasteiger partial charge is 0.481 e. The molecule has 1 N–H and O–H groups in total. The maximum Gasteiger partial charge on any atom is 0.303 e. The molecular weight excluding hydrogens is 272 g/mol. The fraction of sp³-hybridized carbons (Fsp3) is 0.533. The second kappa shape index (κ2) is 5.35. The predicted molar refractivity (Wildman–Crippen MR) is 73.6 cm³/mol. The van der Waals surface area contributed by atoms with E-state index in [0.29, 0.717) is 18.1 Å². The summed E-state index contributed by atoms with van der Waals surface area (Å²) in [4.78, 5) is 15.5. The van der Waals surface area contributed by atoms with Gasteiger partial charge in [0.25, 0.3) is 0 Å². The van der Waals surface area contributed by atoms with E-state index in [1.54, 1.807) is 12.3 Å². The summed E-state index contributed by atoms with van der Waals surface area (Å²) in [5.74, 6) is 0.985. The molecule has 1 fully saturated rings. The Morgan fingerprint density at radius 1 is 1.43 bits per heavy atom. The van der Waals surface area contributed by atoms with E-state index in [1.165, 1.54) is 0 Å². The molecule has 2 aromatic heterocycles. The highest BCUT2D eigenvalue weighted by atomic mass is 16.5. The maximum atomic E-state index is 11.1. The van der Waals surface area contributed by atoms with Crippen molar-refractivity contribution in [1.82, 2.24) is 10.1 Å². The summed E-state index contributed by atoms with van der Waals surface area (Å²) in [7, 11) is 0. The van der Waals surface area contributed by atoms with Crippen molar-refractivity contribution in [1.29, 1.82) is 0 Å². The zero-order valence-electron chi connectivity index (χ0n) is 12.0. The summed E-state index contributed by atoms with van der Waals surface area (Å²) >= 11 is 0. The van der Waals surface area contributed by atoms with Crippen LogP contribution in [0.1, 0.15) is 43.8 Å². The molecule has 3 rings (SSSR count). The van der Waals surface area contributed by atoms with Crippen LogP contribution < -0.4 is 0 Å². The molecule has 0 aromatic carbocycles. The number of rotatable bonds is 5. The van der Waals surface area contributed by atoms with Gasteiger partial charge < -0.3 is 14.0 Å². The molecule has 0 radical (unpaired) electrons. The van der Waals surface area contributed by atoms with Crippen LogP contribution in [-0.2, 0) is 11.2 Å². The molecular formula is C15H18N2O4. The van der Waals surface area contributed by atoms with E-state index in [-0.39, 0.29) is 11.8 Å². The van der Waals surface area contributed by atoms with E-state index < -0.39 is 5.97 Å². The van der Waals surface area contributed by atoms with Gasteiger partial charge in [-0.05, 0) is 31.2 Å². The number of hydrogen-bond donors (Lipinski definition) is 1. The van der Waals surface area contributed by atoms with Gasteiger partial charge in [0.05, 0.1) is 18.2 Å². The average Bonchev–Trinajstić information content (AvgIpc) is 3.11. The van der Waals surface area contributed by atoms with Gasteiger partial charge in [-0.3, -0.25) is 4.79 Å². The molecule has 2 heterocycles. The average molecular weight is 290 g/mol. The molecule has 1 aliphatic rings. The lowest BCUT2D eigenvalue weighted by atomic mass is 9.79. The first kappa shape index (κ1) is 13.9. The van der Waals surface area contributed by atoms with Crippen molar-refractivity contribution < 1.29 is 18.8 Å². The highest BCUT2D eigenvalue weighted by Crippen LogP contribution is 2.43. The van der Waals surface area contributed by atoms with Crippen molar-refractivity contribution in [2.75, 3.05) is 0 Å². The molecule has 1 aliphatic carbocycles. The van der Waals surface area contributed by atoms with E-state index in [2.05, 4.69) is 10.1 Å². The maximum absolute atomic E-state index is 11.1. The molecule has 21 heavy (non-hydrogen) atoms. The third-order valence-electron chi connectivity index (χ3n) is 4.28. The molecule has 0 aliphatic heterocycles. The Bertz CT molecular complexity index is 638. The van der Waals surface area contributed by atoms with Crippen molar-refractivity contribution in [3.8, 4) is 11.4 Å². The predicted octanol–water partition coefficient (Wildman–Crippen LogP) is 3.22. The number of carboxylic acid groups (broad SMARTS) is 1. The molecule has 0 spiro atoms. The van der Waals surface area contributed by atoms with Gasteiger partial charge in [-0.2, -0.15) is 4.98 Å². The van der Waals surface area contributed by atoms with Crippen LogP contribution in [0.5, 0.6) is 0 Å². The summed E-state index contributed by atoms with van der Waals surface area (Å²) in [6.07, 6.45) is 6.22. The Morgan fingerprint density at radius 2 is 2.19 bits per heavy atom. The third-order valence-corrected chi connectivity index (χ3v) is 4.28. The number of aryl methyl sites for hydroxylation is 1. The zero-order chi connectivity index (χ0) is 14.9. The van der Waals surface area contributed by atoms with Crippen molar-refractivity contribution in [3.05, 3.63) is 24.0 Å². The lowest BCUT2D eigenvalue weighted by molar-refractivity contribution is -0.139. The summed E-state index contributed by atoms with van der Waals surface area (Å²) in [5, 5.41) is 13.1. The number of nitrogens with zero attached hydrogens (tertiary/aromatic N) is 2. The SMILES string of the molecule is Cc1occc1-c1noc(CC2(CC(=O)O)CCCC2)n1. The van der Waals surface area contributed by atoms with Gasteiger partial charge in [0, 0.05) is 6.42 Å². The number of carboxylic acids is 1. The van der Waals surface area contributed by atoms with Crippen molar-refractivity contribution >= 4 is 5.97 Å². The number of furan rings is 1. The lowest BCUT2D eigenvalue weighted by Gasteiger charge is -2.24. The van der Waals surface area contributed by atoms with Gasteiger partial charge in [-0.1, -0.05) is 18.0 Å². The Kier molecular flexibility index (Phi) is 3.53. The monoisotopic (exact) mass is 290 g/mol. The van der Waals surface area contributed by atoms with Crippen LogP contribution in [0.3, 0.4) is 0 Å². The smallest absolute Gasteiger partial charge is 0.303 e. The van der Waals surface area contributed by atoms with Gasteiger partial charge >= 0.3 is 5.97 Å². The molecule has 6 heteroatoms. The van der Waals surface area contributed by atoms with Crippen LogP contribution >= 0.6 is 0 Å². The first-order chi connectivity index (χ1) is 10.1. The molecule has 0 saturated heterocycles. The molecule has 2 aromatic rings. The minimum Gasteiger partial charge on any atom is -0.481 e. The minimum atomic E-state index is -0.762. The summed E-state index contributed by atoms with van der Waals surface area (Å²) in [6.45, 7) is 1.84. The minimum absolute atomic E-state index is 0.162. The Balaban J connectivity index is 1.80. The molecule has 0 bridgehead atoms. The van der Waals surface area contributed by atoms with Crippen LogP contribution in [-0.4, -0.2) is 21.2 Å². The van der Waals surface area contributed by atoms with Gasteiger partial charge in [0.2, 0.25) is 11.7 Å². The number of hydrogen-bond acceptors (Lipinski definition) is 5. The lowest BCUT2D eigenvalue weighted by Crippen LogP contribution is -2.23. The Hall–Kier alpha value is -2.11. The van der Waals surface area contributed by atoms with E-state index in [4.69, 9.17) is 14.0 Å². The molecule has 0 amide bonds. The van der Waals surface area contributed by atoms with Crippen LogP contribution in [0.4, 0.5) is 0 Å². The van der Waals surface area contributed by atoms with Gasteiger partial charge in [0.15, 0.2) is 0 Å². The van der Waals surface area contributed by atoms with Crippen LogP contribution in [0.15, 0.2) is 21.3 Å². The van der Waals surface area contributed by atoms with Gasteiger partial charge in [-0.25, -0.2) is 0 Å². The van der Waals surface area contributed by atoms with E-state index in [1.807, 2.05) is 6.92 Å². The molecule has 0 atom stereocenters. The highest BCUT2D eigenvalue weighted by Gasteiger charge is 2.38. The third kappa shape index (κ3) is 2.84. The van der Waals surface area contributed by atoms with Crippen molar-refractivity contribution in [2.45, 2.75) is 45.4 Å². The Labute approximate surface area is 122 Å². The second-order valence-corrected chi connectivity index (χ2v) is 5.86. The summed E-state index contributed by atoms with van der Waals surface area (Å²) in [6, 6.07) is 1.80. The van der Waals surface area contributed by atoms with Crippen LogP contribution in [0, 0.1) is 12.3 Å². The summed E-state index contributed by atoms with van der Waals surface area (Å²) in [5.41, 5.74) is 0.574. The zero-order valence-corrected chi connectivity index (χ0v) is 12.0. The molecule has 1 saturated carbocycles. The van der Waals surface area contributed by atoms with E-state index in [9.17, 15) is 4.79 Å². The van der Waals surface area contributed by atoms with Gasteiger partial charge in [0.1, 0.15) is 5.76 Å². The first-order valence-electron chi connectivity index (χ1n) is 7.17. The summed E-state index contributed by atoms with van der Waals surface area (Å²) < 4.78 is 10.6. The van der Waals surface area contributed by atoms with Gasteiger partial charge in [-0.15, -0.1) is 0 Å². The van der Waals surface area contributed by atoms with E-state index in [0.717, 1.165) is 37.0 Å². The number of aliphatic carboxylic acids is 1. The molecule has 112 valence electrons. The normalized spacial score (nSPS) is 17.2. The highest BCUT2D eigenvalue weighted by molar-refractivity contribution is 5.67. The Morgan fingerprint density at radius 3 is 2.81 bits per heavy atom. The van der Waals surface area contributed by atoms with E-state index >= 15 is 0 Å². The molecule has 6 nitrogen and oxygen atoms in total. The fourth-order valence-electron chi connectivity index (χ4n) is 3.24. The quantitative estimate of drug-likeness (QED) is 0.909. The van der Waals surface area contributed by atoms with Crippen molar-refractivity contribution in [3.63, 3.8) is 0 Å². The number of aromatic nitrogens is 2.